The van der Waals surface area contributed by atoms with Crippen molar-refractivity contribution in [1.29, 1.82) is 0 Å². The van der Waals surface area contributed by atoms with Crippen LogP contribution in [-0.2, 0) is 6.54 Å². The second-order valence-electron chi connectivity index (χ2n) is 6.88. The molecule has 0 aromatic heterocycles. The summed E-state index contributed by atoms with van der Waals surface area (Å²) < 4.78 is 30.2. The van der Waals surface area contributed by atoms with Crippen LogP contribution in [0.15, 0.2) is 36.4 Å². The van der Waals surface area contributed by atoms with E-state index in [4.69, 9.17) is 14.2 Å². The van der Waals surface area contributed by atoms with E-state index in [1.165, 1.54) is 19.2 Å². The number of halogens is 1. The van der Waals surface area contributed by atoms with Crippen molar-refractivity contribution in [3.8, 4) is 17.2 Å². The Kier molecular flexibility index (Phi) is 5.23. The smallest absolute Gasteiger partial charge is 0.318 e. The molecule has 1 unspecified atom stereocenters. The molecule has 6 nitrogen and oxygen atoms in total. The summed E-state index contributed by atoms with van der Waals surface area (Å²) in [6.45, 7) is 1.92. The van der Waals surface area contributed by atoms with Crippen LogP contribution in [0.4, 0.5) is 9.18 Å². The van der Waals surface area contributed by atoms with Crippen molar-refractivity contribution in [2.45, 2.75) is 25.4 Å². The van der Waals surface area contributed by atoms with Crippen LogP contribution in [0.3, 0.4) is 0 Å². The fourth-order valence-electron chi connectivity index (χ4n) is 3.81. The fourth-order valence-corrected chi connectivity index (χ4v) is 3.81. The first-order chi connectivity index (χ1) is 13.7. The minimum absolute atomic E-state index is 0.0707. The van der Waals surface area contributed by atoms with Gasteiger partial charge in [-0.05, 0) is 36.6 Å². The molecule has 2 aromatic carbocycles. The monoisotopic (exact) mass is 386 g/mol. The van der Waals surface area contributed by atoms with Crippen molar-refractivity contribution < 1.29 is 23.4 Å². The standard InChI is InChI=1S/C21H23FN2O4/c1-26-16-11-14(10-15(22)12-16)13-23-21(25)24-7-3-5-18(24)17-4-2-6-19-20(17)28-9-8-27-19/h2,4,6,10-12,18H,3,5,7-9,13H2,1H3,(H,23,25). The average Bonchev–Trinajstić information content (AvgIpc) is 3.21. The van der Waals surface area contributed by atoms with Crippen molar-refractivity contribution in [1.82, 2.24) is 10.2 Å². The van der Waals surface area contributed by atoms with Crippen molar-refractivity contribution >= 4 is 6.03 Å². The molecule has 1 N–H and O–H groups in total. The molecule has 1 saturated heterocycles. The third-order valence-corrected chi connectivity index (χ3v) is 5.08. The molecule has 2 aliphatic heterocycles. The summed E-state index contributed by atoms with van der Waals surface area (Å²) in [5, 5.41) is 2.89. The van der Waals surface area contributed by atoms with Gasteiger partial charge in [0.05, 0.1) is 13.2 Å². The van der Waals surface area contributed by atoms with Crippen LogP contribution >= 0.6 is 0 Å². The Labute approximate surface area is 163 Å². The molecule has 2 aliphatic rings. The molecular formula is C21H23FN2O4. The maximum Gasteiger partial charge on any atom is 0.318 e. The number of ether oxygens (including phenoxy) is 3. The second kappa shape index (κ2) is 7.96. The van der Waals surface area contributed by atoms with Gasteiger partial charge in [0.15, 0.2) is 11.5 Å². The van der Waals surface area contributed by atoms with Crippen molar-refractivity contribution in [2.24, 2.45) is 0 Å². The topological polar surface area (TPSA) is 60.0 Å². The number of urea groups is 1. The summed E-state index contributed by atoms with van der Waals surface area (Å²) in [7, 11) is 1.48. The van der Waals surface area contributed by atoms with Gasteiger partial charge in [0.1, 0.15) is 24.8 Å². The van der Waals surface area contributed by atoms with Crippen molar-refractivity contribution in [2.75, 3.05) is 26.9 Å². The molecule has 0 radical (unpaired) electrons. The molecular weight excluding hydrogens is 363 g/mol. The number of hydrogen-bond acceptors (Lipinski definition) is 4. The highest BCUT2D eigenvalue weighted by molar-refractivity contribution is 5.75. The summed E-state index contributed by atoms with van der Waals surface area (Å²) in [6.07, 6.45) is 1.78. The lowest BCUT2D eigenvalue weighted by Gasteiger charge is -2.29. The Bertz CT molecular complexity index is 873. The van der Waals surface area contributed by atoms with E-state index in [9.17, 15) is 9.18 Å². The Morgan fingerprint density at radius 1 is 1.29 bits per heavy atom. The Hall–Kier alpha value is -2.96. The third-order valence-electron chi connectivity index (χ3n) is 5.08. The van der Waals surface area contributed by atoms with E-state index >= 15 is 0 Å². The fraction of sp³-hybridized carbons (Fsp3) is 0.381. The summed E-state index contributed by atoms with van der Waals surface area (Å²) in [4.78, 5) is 14.6. The van der Waals surface area contributed by atoms with E-state index in [0.29, 0.717) is 31.1 Å². The third kappa shape index (κ3) is 3.69. The highest BCUT2D eigenvalue weighted by Crippen LogP contribution is 2.42. The number of nitrogens with zero attached hydrogens (tertiary/aromatic N) is 1. The molecule has 2 heterocycles. The zero-order valence-electron chi connectivity index (χ0n) is 15.7. The quantitative estimate of drug-likeness (QED) is 0.871. The lowest BCUT2D eigenvalue weighted by molar-refractivity contribution is 0.163. The number of nitrogens with one attached hydrogen (secondary N) is 1. The average molecular weight is 386 g/mol. The van der Waals surface area contributed by atoms with Crippen LogP contribution in [0.1, 0.15) is 30.0 Å². The molecule has 0 bridgehead atoms. The summed E-state index contributed by atoms with van der Waals surface area (Å²) in [5.41, 5.74) is 1.62. The lowest BCUT2D eigenvalue weighted by atomic mass is 10.0. The number of rotatable bonds is 4. The Morgan fingerprint density at radius 2 is 2.14 bits per heavy atom. The van der Waals surface area contributed by atoms with E-state index in [-0.39, 0.29) is 18.6 Å². The zero-order valence-corrected chi connectivity index (χ0v) is 15.7. The van der Waals surface area contributed by atoms with Crippen molar-refractivity contribution in [3.05, 3.63) is 53.3 Å². The van der Waals surface area contributed by atoms with Gasteiger partial charge in [0.25, 0.3) is 0 Å². The molecule has 1 atom stereocenters. The van der Waals surface area contributed by atoms with Crippen LogP contribution in [-0.4, -0.2) is 37.8 Å². The number of fused-ring (bicyclic) bond motifs is 1. The van der Waals surface area contributed by atoms with Crippen LogP contribution < -0.4 is 19.5 Å². The first-order valence-corrected chi connectivity index (χ1v) is 9.42. The van der Waals surface area contributed by atoms with Gasteiger partial charge in [-0.15, -0.1) is 0 Å². The van der Waals surface area contributed by atoms with Crippen LogP contribution in [0.25, 0.3) is 0 Å². The normalized spacial score (nSPS) is 18.1. The number of likely N-dealkylation sites (tertiary alicyclic amines) is 1. The molecule has 0 aliphatic carbocycles. The second-order valence-corrected chi connectivity index (χ2v) is 6.88. The predicted octanol–water partition coefficient (Wildman–Crippen LogP) is 3.65. The molecule has 2 amide bonds. The molecule has 2 aromatic rings. The van der Waals surface area contributed by atoms with Crippen LogP contribution in [0, 0.1) is 5.82 Å². The summed E-state index contributed by atoms with van der Waals surface area (Å²) in [5.74, 6) is 1.49. The largest absolute Gasteiger partial charge is 0.497 e. The first-order valence-electron chi connectivity index (χ1n) is 9.42. The number of para-hydroxylation sites is 1. The molecule has 7 heteroatoms. The molecule has 0 spiro atoms. The summed E-state index contributed by atoms with van der Waals surface area (Å²) in [6, 6.07) is 9.96. The maximum absolute atomic E-state index is 13.7. The zero-order chi connectivity index (χ0) is 19.5. The Morgan fingerprint density at radius 3 is 3.00 bits per heavy atom. The maximum atomic E-state index is 13.7. The minimum Gasteiger partial charge on any atom is -0.497 e. The minimum atomic E-state index is -0.393. The molecule has 1 fully saturated rings. The van der Waals surface area contributed by atoms with Gasteiger partial charge in [0, 0.05) is 24.7 Å². The molecule has 148 valence electrons. The van der Waals surface area contributed by atoms with Gasteiger partial charge < -0.3 is 24.4 Å². The van der Waals surface area contributed by atoms with Gasteiger partial charge in [0.2, 0.25) is 0 Å². The van der Waals surface area contributed by atoms with Gasteiger partial charge in [-0.2, -0.15) is 0 Å². The van der Waals surface area contributed by atoms with E-state index < -0.39 is 5.82 Å². The predicted molar refractivity (Wildman–Crippen MR) is 101 cm³/mol. The van der Waals surface area contributed by atoms with Crippen LogP contribution in [0.5, 0.6) is 17.2 Å². The number of benzene rings is 2. The highest BCUT2D eigenvalue weighted by Gasteiger charge is 2.33. The van der Waals surface area contributed by atoms with Gasteiger partial charge in [-0.25, -0.2) is 9.18 Å². The molecule has 4 rings (SSSR count). The molecule has 0 saturated carbocycles. The number of amides is 2. The summed E-state index contributed by atoms with van der Waals surface area (Å²) >= 11 is 0. The number of hydrogen-bond donors (Lipinski definition) is 1. The van der Waals surface area contributed by atoms with Crippen molar-refractivity contribution in [3.63, 3.8) is 0 Å². The highest BCUT2D eigenvalue weighted by atomic mass is 19.1. The van der Waals surface area contributed by atoms with Gasteiger partial charge in [-0.1, -0.05) is 12.1 Å². The number of carbonyl (C=O) groups excluding carboxylic acids is 1. The number of carbonyl (C=O) groups is 1. The van der Waals surface area contributed by atoms with Gasteiger partial charge >= 0.3 is 6.03 Å². The van der Waals surface area contributed by atoms with Crippen LogP contribution in [0.2, 0.25) is 0 Å². The molecule has 28 heavy (non-hydrogen) atoms. The number of methoxy groups -OCH3 is 1. The SMILES string of the molecule is COc1cc(F)cc(CNC(=O)N2CCCC2c2cccc3c2OCCO3)c1. The van der Waals surface area contributed by atoms with E-state index in [2.05, 4.69) is 5.32 Å². The first kappa shape index (κ1) is 18.4. The van der Waals surface area contributed by atoms with E-state index in [0.717, 1.165) is 29.9 Å². The van der Waals surface area contributed by atoms with E-state index in [1.54, 1.807) is 6.07 Å². The van der Waals surface area contributed by atoms with Gasteiger partial charge in [-0.3, -0.25) is 0 Å². The lowest BCUT2D eigenvalue weighted by Crippen LogP contribution is -2.39. The Balaban J connectivity index is 1.48. The van der Waals surface area contributed by atoms with E-state index in [1.807, 2.05) is 23.1 Å².